The molecule has 3 N–H and O–H groups in total. The fraction of sp³-hybridized carbons (Fsp3) is 0.217. The minimum Gasteiger partial charge on any atom is -0.493 e. The maximum atomic E-state index is 12.3. The lowest BCUT2D eigenvalue weighted by molar-refractivity contribution is -0.136. The van der Waals surface area contributed by atoms with E-state index in [4.69, 9.17) is 14.2 Å². The molecule has 0 spiro atoms. The third kappa shape index (κ3) is 5.88. The second-order valence-electron chi connectivity index (χ2n) is 6.96. The lowest BCUT2D eigenvalue weighted by atomic mass is 9.95. The van der Waals surface area contributed by atoms with E-state index in [1.807, 2.05) is 30.3 Å². The average Bonchev–Trinajstić information content (AvgIpc) is 2.82. The summed E-state index contributed by atoms with van der Waals surface area (Å²) in [5, 5.41) is 9.15. The van der Waals surface area contributed by atoms with Gasteiger partial charge in [-0.25, -0.2) is 15.0 Å². The van der Waals surface area contributed by atoms with Crippen molar-refractivity contribution in [2.24, 2.45) is 5.10 Å². The lowest BCUT2D eigenvalue weighted by Crippen LogP contribution is -2.45. The summed E-state index contributed by atoms with van der Waals surface area (Å²) in [6.45, 7) is 1.32. The summed E-state index contributed by atoms with van der Waals surface area (Å²) >= 11 is 0. The summed E-state index contributed by atoms with van der Waals surface area (Å²) in [7, 11) is 2.71. The summed E-state index contributed by atoms with van der Waals surface area (Å²) in [5.41, 5.74) is 4.47. The van der Waals surface area contributed by atoms with Crippen molar-refractivity contribution in [1.29, 1.82) is 0 Å². The second kappa shape index (κ2) is 10.8. The molecule has 0 unspecified atom stereocenters. The number of amides is 3. The third-order valence-corrected chi connectivity index (χ3v) is 4.76. The molecule has 3 rings (SSSR count). The Labute approximate surface area is 190 Å². The number of urea groups is 1. The van der Waals surface area contributed by atoms with E-state index in [1.54, 1.807) is 25.1 Å². The van der Waals surface area contributed by atoms with Crippen molar-refractivity contribution in [2.45, 2.75) is 13.0 Å². The molecule has 33 heavy (non-hydrogen) atoms. The van der Waals surface area contributed by atoms with Crippen LogP contribution in [0.15, 0.2) is 64.9 Å². The highest BCUT2D eigenvalue weighted by Crippen LogP contribution is 2.34. The number of esters is 1. The highest BCUT2D eigenvalue weighted by atomic mass is 16.5. The van der Waals surface area contributed by atoms with Crippen LogP contribution >= 0.6 is 0 Å². The Hall–Kier alpha value is -4.34. The molecule has 1 aliphatic rings. The summed E-state index contributed by atoms with van der Waals surface area (Å²) < 4.78 is 15.8. The molecule has 1 atom stereocenters. The summed E-state index contributed by atoms with van der Waals surface area (Å²) in [5.74, 6) is -0.394. The van der Waals surface area contributed by atoms with Gasteiger partial charge in [0.2, 0.25) is 0 Å². The van der Waals surface area contributed by atoms with Crippen LogP contribution in [0.1, 0.15) is 24.1 Å². The normalized spacial score (nSPS) is 15.5. The van der Waals surface area contributed by atoms with Crippen LogP contribution in [0.5, 0.6) is 11.5 Å². The lowest BCUT2D eigenvalue weighted by Gasteiger charge is -2.28. The zero-order chi connectivity index (χ0) is 23.8. The summed E-state index contributed by atoms with van der Waals surface area (Å²) in [4.78, 5) is 36.3. The number of benzene rings is 2. The van der Waals surface area contributed by atoms with Crippen molar-refractivity contribution in [3.63, 3.8) is 0 Å². The first kappa shape index (κ1) is 23.3. The van der Waals surface area contributed by atoms with Crippen LogP contribution in [-0.2, 0) is 14.3 Å². The van der Waals surface area contributed by atoms with E-state index < -0.39 is 23.9 Å². The van der Waals surface area contributed by atoms with E-state index in [0.717, 1.165) is 5.56 Å². The Morgan fingerprint density at radius 3 is 2.58 bits per heavy atom. The van der Waals surface area contributed by atoms with Gasteiger partial charge < -0.3 is 24.8 Å². The van der Waals surface area contributed by atoms with Gasteiger partial charge in [-0.3, -0.25) is 4.79 Å². The smallest absolute Gasteiger partial charge is 0.337 e. The van der Waals surface area contributed by atoms with Crippen molar-refractivity contribution >= 4 is 24.1 Å². The summed E-state index contributed by atoms with van der Waals surface area (Å²) in [6, 6.07) is 13.0. The van der Waals surface area contributed by atoms with E-state index in [9.17, 15) is 14.4 Å². The Morgan fingerprint density at radius 1 is 1.12 bits per heavy atom. The first-order valence-electron chi connectivity index (χ1n) is 9.97. The zero-order valence-corrected chi connectivity index (χ0v) is 18.4. The van der Waals surface area contributed by atoms with Gasteiger partial charge in [0.15, 0.2) is 18.1 Å². The number of hydrogen-bond acceptors (Lipinski definition) is 7. The number of hydrazone groups is 1. The van der Waals surface area contributed by atoms with Crippen LogP contribution in [0.25, 0.3) is 0 Å². The van der Waals surface area contributed by atoms with Crippen molar-refractivity contribution in [1.82, 2.24) is 16.1 Å². The molecule has 172 valence electrons. The van der Waals surface area contributed by atoms with Crippen molar-refractivity contribution in [2.75, 3.05) is 20.8 Å². The van der Waals surface area contributed by atoms with Crippen LogP contribution in [0.3, 0.4) is 0 Å². The van der Waals surface area contributed by atoms with Gasteiger partial charge in [0.05, 0.1) is 32.0 Å². The highest BCUT2D eigenvalue weighted by Gasteiger charge is 2.32. The SMILES string of the molecule is COC(=O)C1=C(C)NC(=O)N[C@H]1c1ccc(OCC(=O)N/N=C\c2ccccc2)c(OC)c1. The molecule has 3 amide bonds. The van der Waals surface area contributed by atoms with Gasteiger partial charge in [-0.2, -0.15) is 5.10 Å². The van der Waals surface area contributed by atoms with Gasteiger partial charge in [0.25, 0.3) is 5.91 Å². The van der Waals surface area contributed by atoms with Gasteiger partial charge in [-0.15, -0.1) is 0 Å². The molecule has 1 aliphatic heterocycles. The van der Waals surface area contributed by atoms with Crippen molar-refractivity contribution < 1.29 is 28.6 Å². The molecular weight excluding hydrogens is 428 g/mol. The Kier molecular flexibility index (Phi) is 7.64. The average molecular weight is 452 g/mol. The monoisotopic (exact) mass is 452 g/mol. The molecule has 2 aromatic rings. The molecule has 10 nitrogen and oxygen atoms in total. The molecule has 1 heterocycles. The van der Waals surface area contributed by atoms with Gasteiger partial charge in [-0.05, 0) is 30.2 Å². The highest BCUT2D eigenvalue weighted by molar-refractivity contribution is 5.95. The number of rotatable bonds is 8. The topological polar surface area (TPSA) is 127 Å². The Morgan fingerprint density at radius 2 is 1.88 bits per heavy atom. The number of hydrogen-bond donors (Lipinski definition) is 3. The summed E-state index contributed by atoms with van der Waals surface area (Å²) in [6.07, 6.45) is 1.52. The van der Waals surface area contributed by atoms with E-state index in [0.29, 0.717) is 22.8 Å². The van der Waals surface area contributed by atoms with Gasteiger partial charge >= 0.3 is 12.0 Å². The van der Waals surface area contributed by atoms with E-state index in [2.05, 4.69) is 21.2 Å². The van der Waals surface area contributed by atoms with Crippen LogP contribution in [0, 0.1) is 0 Å². The van der Waals surface area contributed by atoms with Gasteiger partial charge in [-0.1, -0.05) is 36.4 Å². The number of ether oxygens (including phenoxy) is 3. The van der Waals surface area contributed by atoms with Crippen LogP contribution in [0.2, 0.25) is 0 Å². The maximum absolute atomic E-state index is 12.3. The third-order valence-electron chi connectivity index (χ3n) is 4.76. The molecule has 0 saturated carbocycles. The number of methoxy groups -OCH3 is 2. The molecular formula is C23H24N4O6. The second-order valence-corrected chi connectivity index (χ2v) is 6.96. The minimum absolute atomic E-state index is 0.267. The molecule has 0 radical (unpaired) electrons. The van der Waals surface area contributed by atoms with E-state index in [1.165, 1.54) is 20.4 Å². The number of carbonyl (C=O) groups is 3. The number of nitrogens with zero attached hydrogens (tertiary/aromatic N) is 1. The van der Waals surface area contributed by atoms with Crippen LogP contribution in [-0.4, -0.2) is 44.9 Å². The molecule has 0 aromatic heterocycles. The minimum atomic E-state index is -0.746. The molecule has 0 fully saturated rings. The predicted molar refractivity (Wildman–Crippen MR) is 120 cm³/mol. The fourth-order valence-electron chi connectivity index (χ4n) is 3.20. The fourth-order valence-corrected chi connectivity index (χ4v) is 3.20. The van der Waals surface area contributed by atoms with Crippen molar-refractivity contribution in [3.8, 4) is 11.5 Å². The van der Waals surface area contributed by atoms with E-state index >= 15 is 0 Å². The Bertz CT molecular complexity index is 1100. The molecule has 0 saturated heterocycles. The molecule has 0 bridgehead atoms. The van der Waals surface area contributed by atoms with Crippen molar-refractivity contribution in [3.05, 3.63) is 70.9 Å². The largest absolute Gasteiger partial charge is 0.493 e. The number of allylic oxidation sites excluding steroid dienone is 1. The number of nitrogens with one attached hydrogen (secondary N) is 3. The van der Waals surface area contributed by atoms with Crippen LogP contribution < -0.4 is 25.5 Å². The van der Waals surface area contributed by atoms with E-state index in [-0.39, 0.29) is 12.2 Å². The predicted octanol–water partition coefficient (Wildman–Crippen LogP) is 2.03. The maximum Gasteiger partial charge on any atom is 0.337 e. The first-order chi connectivity index (χ1) is 15.9. The Balaban J connectivity index is 1.70. The van der Waals surface area contributed by atoms with Gasteiger partial charge in [0.1, 0.15) is 0 Å². The molecule has 10 heteroatoms. The first-order valence-corrected chi connectivity index (χ1v) is 9.97. The van der Waals surface area contributed by atoms with Gasteiger partial charge in [0, 0.05) is 5.70 Å². The van der Waals surface area contributed by atoms with Crippen LogP contribution in [0.4, 0.5) is 4.79 Å². The standard InChI is InChI=1S/C23H24N4O6/c1-14-20(22(29)32-3)21(26-23(30)25-14)16-9-10-17(18(11-16)31-2)33-13-19(28)27-24-12-15-7-5-4-6-8-15/h4-12,21H,13H2,1-3H3,(H,27,28)(H2,25,26,30)/b24-12-/t21-/m0/s1. The quantitative estimate of drug-likeness (QED) is 0.320. The number of carbonyl (C=O) groups excluding carboxylic acids is 3. The molecule has 0 aliphatic carbocycles. The zero-order valence-electron chi connectivity index (χ0n) is 18.4. The molecule has 2 aromatic carbocycles.